The Morgan fingerprint density at radius 2 is 1.63 bits per heavy atom. The Morgan fingerprint density at radius 3 is 2.26 bits per heavy atom. The van der Waals surface area contributed by atoms with Crippen molar-refractivity contribution in [3.05, 3.63) is 106 Å². The van der Waals surface area contributed by atoms with Crippen LogP contribution in [0.2, 0.25) is 0 Å². The molecule has 27 heavy (non-hydrogen) atoms. The van der Waals surface area contributed by atoms with Gasteiger partial charge in [-0.3, -0.25) is 14.9 Å². The van der Waals surface area contributed by atoms with Crippen LogP contribution in [-0.2, 0) is 6.42 Å². The normalized spacial score (nSPS) is 11.6. The monoisotopic (exact) mass is 361 g/mol. The Hall–Kier alpha value is -3.67. The Bertz CT molecular complexity index is 943. The highest BCUT2D eigenvalue weighted by atomic mass is 16.6. The zero-order valence-corrected chi connectivity index (χ0v) is 14.5. The minimum Gasteiger partial charge on any atom is -0.393 e. The lowest BCUT2D eigenvalue weighted by atomic mass is 9.98. The largest absolute Gasteiger partial charge is 0.393 e. The first-order chi connectivity index (χ1) is 13.0. The van der Waals surface area contributed by atoms with Gasteiger partial charge in [-0.15, -0.1) is 0 Å². The number of carbonyl (C=O) groups excluding carboxylic acids is 1. The van der Waals surface area contributed by atoms with Crippen molar-refractivity contribution in [1.82, 2.24) is 5.32 Å². The third-order valence-electron chi connectivity index (χ3n) is 4.28. The van der Waals surface area contributed by atoms with Gasteiger partial charge in [0, 0.05) is 11.6 Å². The molecule has 1 atom stereocenters. The van der Waals surface area contributed by atoms with Crippen molar-refractivity contribution >= 4 is 17.3 Å². The number of amides is 1. The van der Waals surface area contributed by atoms with E-state index in [0.29, 0.717) is 6.42 Å². The predicted molar refractivity (Wildman–Crippen MR) is 104 cm³/mol. The van der Waals surface area contributed by atoms with E-state index in [-0.39, 0.29) is 28.9 Å². The van der Waals surface area contributed by atoms with Crippen molar-refractivity contribution in [3.8, 4) is 0 Å². The third-order valence-corrected chi connectivity index (χ3v) is 4.28. The fraction of sp³-hybridized carbons (Fsp3) is 0.0952. The summed E-state index contributed by atoms with van der Waals surface area (Å²) in [5.41, 5.74) is 7.60. The van der Waals surface area contributed by atoms with Crippen molar-refractivity contribution in [2.75, 3.05) is 5.73 Å². The zero-order valence-electron chi connectivity index (χ0n) is 14.5. The Morgan fingerprint density at radius 1 is 1.00 bits per heavy atom. The molecule has 1 amide bonds. The standard InChI is InChI=1S/C21H19N3O3/c22-18-12-11-17(14-20(18)24(26)27)21(25)23-19(16-9-5-2-6-10-16)13-15-7-3-1-4-8-15/h1-12,14,19H,13,22H2,(H,23,25). The maximum absolute atomic E-state index is 12.7. The molecule has 3 aromatic carbocycles. The van der Waals surface area contributed by atoms with Crippen LogP contribution in [0.5, 0.6) is 0 Å². The molecule has 6 heteroatoms. The molecule has 0 radical (unpaired) electrons. The Balaban J connectivity index is 1.86. The molecule has 6 nitrogen and oxygen atoms in total. The number of hydrogen-bond donors (Lipinski definition) is 2. The Kier molecular flexibility index (Phi) is 5.47. The number of nitrogen functional groups attached to an aromatic ring is 1. The highest BCUT2D eigenvalue weighted by Gasteiger charge is 2.19. The fourth-order valence-electron chi connectivity index (χ4n) is 2.87. The van der Waals surface area contributed by atoms with Gasteiger partial charge in [-0.05, 0) is 29.7 Å². The van der Waals surface area contributed by atoms with Crippen LogP contribution in [0, 0.1) is 10.1 Å². The van der Waals surface area contributed by atoms with E-state index >= 15 is 0 Å². The van der Waals surface area contributed by atoms with Gasteiger partial charge < -0.3 is 11.1 Å². The average molecular weight is 361 g/mol. The van der Waals surface area contributed by atoms with Crippen molar-refractivity contribution in [2.24, 2.45) is 0 Å². The van der Waals surface area contributed by atoms with Gasteiger partial charge in [0.2, 0.25) is 0 Å². The van der Waals surface area contributed by atoms with Gasteiger partial charge in [-0.1, -0.05) is 60.7 Å². The highest BCUT2D eigenvalue weighted by Crippen LogP contribution is 2.24. The molecule has 0 bridgehead atoms. The number of nitro groups is 1. The maximum atomic E-state index is 12.7. The molecule has 0 saturated heterocycles. The van der Waals surface area contributed by atoms with E-state index in [1.165, 1.54) is 18.2 Å². The molecular weight excluding hydrogens is 342 g/mol. The number of carbonyl (C=O) groups is 1. The first-order valence-electron chi connectivity index (χ1n) is 8.48. The summed E-state index contributed by atoms with van der Waals surface area (Å²) < 4.78 is 0. The molecule has 3 aromatic rings. The van der Waals surface area contributed by atoms with E-state index in [9.17, 15) is 14.9 Å². The minimum atomic E-state index is -0.592. The molecule has 0 aromatic heterocycles. The summed E-state index contributed by atoms with van der Waals surface area (Å²) in [6.07, 6.45) is 0.605. The van der Waals surface area contributed by atoms with Gasteiger partial charge in [-0.25, -0.2) is 0 Å². The SMILES string of the molecule is Nc1ccc(C(=O)NC(Cc2ccccc2)c2ccccc2)cc1[N+](=O)[O-]. The molecule has 3 rings (SSSR count). The fourth-order valence-corrected chi connectivity index (χ4v) is 2.87. The smallest absolute Gasteiger partial charge is 0.292 e. The molecule has 0 heterocycles. The summed E-state index contributed by atoms with van der Waals surface area (Å²) in [6, 6.07) is 23.2. The van der Waals surface area contributed by atoms with E-state index in [4.69, 9.17) is 5.73 Å². The molecule has 0 aliphatic carbocycles. The average Bonchev–Trinajstić information content (AvgIpc) is 2.69. The van der Waals surface area contributed by atoms with Crippen LogP contribution < -0.4 is 11.1 Å². The van der Waals surface area contributed by atoms with Crippen LogP contribution in [-0.4, -0.2) is 10.8 Å². The number of nitrogens with two attached hydrogens (primary N) is 1. The Labute approximate surface area is 156 Å². The lowest BCUT2D eigenvalue weighted by molar-refractivity contribution is -0.383. The van der Waals surface area contributed by atoms with Gasteiger partial charge in [0.15, 0.2) is 0 Å². The van der Waals surface area contributed by atoms with E-state index in [0.717, 1.165) is 11.1 Å². The van der Waals surface area contributed by atoms with E-state index in [1.807, 2.05) is 60.7 Å². The molecule has 0 saturated carbocycles. The van der Waals surface area contributed by atoms with E-state index < -0.39 is 4.92 Å². The molecule has 0 fully saturated rings. The third kappa shape index (κ3) is 4.49. The summed E-state index contributed by atoms with van der Waals surface area (Å²) in [4.78, 5) is 23.2. The summed E-state index contributed by atoms with van der Waals surface area (Å²) in [7, 11) is 0. The molecule has 0 aliphatic heterocycles. The number of rotatable bonds is 6. The summed E-state index contributed by atoms with van der Waals surface area (Å²) in [5, 5.41) is 14.1. The van der Waals surface area contributed by atoms with Gasteiger partial charge in [0.1, 0.15) is 5.69 Å². The first-order valence-corrected chi connectivity index (χ1v) is 8.48. The molecule has 1 unspecified atom stereocenters. The number of anilines is 1. The van der Waals surface area contributed by atoms with Crippen LogP contribution in [0.1, 0.15) is 27.5 Å². The van der Waals surface area contributed by atoms with Gasteiger partial charge in [-0.2, -0.15) is 0 Å². The van der Waals surface area contributed by atoms with E-state index in [2.05, 4.69) is 5.32 Å². The molecule has 0 spiro atoms. The quantitative estimate of drug-likeness (QED) is 0.395. The second kappa shape index (κ2) is 8.14. The van der Waals surface area contributed by atoms with Crippen LogP contribution in [0.3, 0.4) is 0 Å². The number of nitro benzene ring substituents is 1. The highest BCUT2D eigenvalue weighted by molar-refractivity contribution is 5.95. The van der Waals surface area contributed by atoms with Crippen molar-refractivity contribution < 1.29 is 9.72 Å². The van der Waals surface area contributed by atoms with Crippen LogP contribution >= 0.6 is 0 Å². The predicted octanol–water partition coefficient (Wildman–Crippen LogP) is 3.89. The van der Waals surface area contributed by atoms with Crippen molar-refractivity contribution in [3.63, 3.8) is 0 Å². The number of hydrogen-bond acceptors (Lipinski definition) is 4. The zero-order chi connectivity index (χ0) is 19.2. The summed E-state index contributed by atoms with van der Waals surface area (Å²) in [5.74, 6) is -0.386. The molecule has 136 valence electrons. The lowest BCUT2D eigenvalue weighted by Gasteiger charge is -2.19. The maximum Gasteiger partial charge on any atom is 0.292 e. The summed E-state index contributed by atoms with van der Waals surface area (Å²) in [6.45, 7) is 0. The molecule has 3 N–H and O–H groups in total. The topological polar surface area (TPSA) is 98.3 Å². The number of nitrogens with one attached hydrogen (secondary N) is 1. The van der Waals surface area contributed by atoms with Crippen LogP contribution in [0.15, 0.2) is 78.9 Å². The molecule has 0 aliphatic rings. The van der Waals surface area contributed by atoms with Crippen LogP contribution in [0.4, 0.5) is 11.4 Å². The van der Waals surface area contributed by atoms with Gasteiger partial charge in [0.05, 0.1) is 11.0 Å². The van der Waals surface area contributed by atoms with Crippen LogP contribution in [0.25, 0.3) is 0 Å². The number of nitrogens with zero attached hydrogens (tertiary/aromatic N) is 1. The van der Waals surface area contributed by atoms with E-state index in [1.54, 1.807) is 0 Å². The van der Waals surface area contributed by atoms with Gasteiger partial charge in [0.25, 0.3) is 11.6 Å². The lowest BCUT2D eigenvalue weighted by Crippen LogP contribution is -2.30. The minimum absolute atomic E-state index is 0.0282. The van der Waals surface area contributed by atoms with Crippen molar-refractivity contribution in [1.29, 1.82) is 0 Å². The first kappa shape index (κ1) is 18.1. The summed E-state index contributed by atoms with van der Waals surface area (Å²) >= 11 is 0. The van der Waals surface area contributed by atoms with Crippen molar-refractivity contribution in [2.45, 2.75) is 12.5 Å². The second-order valence-electron chi connectivity index (χ2n) is 6.16. The second-order valence-corrected chi connectivity index (χ2v) is 6.16. The molecular formula is C21H19N3O3. The van der Waals surface area contributed by atoms with Gasteiger partial charge >= 0.3 is 0 Å². The number of benzene rings is 3.